The van der Waals surface area contributed by atoms with Gasteiger partial charge in [0.1, 0.15) is 0 Å². The lowest BCUT2D eigenvalue weighted by molar-refractivity contribution is 0.296. The second kappa shape index (κ2) is 8.52. The van der Waals surface area contributed by atoms with E-state index in [1.807, 2.05) is 0 Å². The Hall–Kier alpha value is -0.0800. The van der Waals surface area contributed by atoms with Gasteiger partial charge >= 0.3 is 0 Å². The van der Waals surface area contributed by atoms with E-state index >= 15 is 0 Å². The predicted octanol–water partition coefficient (Wildman–Crippen LogP) is 2.11. The molecule has 1 N–H and O–H groups in total. The molecule has 2 heteroatoms. The average molecular weight is 186 g/mol. The summed E-state index contributed by atoms with van der Waals surface area (Å²) in [6.45, 7) is 13.6. The molecule has 0 aliphatic carbocycles. The zero-order chi connectivity index (χ0) is 10.1. The van der Waals surface area contributed by atoms with Gasteiger partial charge in [0.25, 0.3) is 0 Å². The quantitative estimate of drug-likeness (QED) is 0.624. The van der Waals surface area contributed by atoms with Crippen LogP contribution in [0.2, 0.25) is 0 Å². The highest BCUT2D eigenvalue weighted by atomic mass is 15.1. The Kier molecular flexibility index (Phi) is 8.46. The number of nitrogens with zero attached hydrogens (tertiary/aromatic N) is 1. The van der Waals surface area contributed by atoms with Crippen LogP contribution in [-0.4, -0.2) is 37.1 Å². The standard InChI is InChI=1S/C11H26N2/c1-5-8-11(4)12-9-10-13(6-2)7-3/h11-12H,5-10H2,1-4H3. The van der Waals surface area contributed by atoms with E-state index in [1.54, 1.807) is 0 Å². The van der Waals surface area contributed by atoms with Gasteiger partial charge in [0.2, 0.25) is 0 Å². The predicted molar refractivity (Wildman–Crippen MR) is 60.2 cm³/mol. The number of likely N-dealkylation sites (N-methyl/N-ethyl adjacent to an activating group) is 1. The van der Waals surface area contributed by atoms with Gasteiger partial charge < -0.3 is 10.2 Å². The van der Waals surface area contributed by atoms with Crippen molar-refractivity contribution in [2.75, 3.05) is 26.2 Å². The largest absolute Gasteiger partial charge is 0.313 e. The maximum atomic E-state index is 3.54. The highest BCUT2D eigenvalue weighted by Crippen LogP contribution is 1.94. The van der Waals surface area contributed by atoms with E-state index in [0.717, 1.165) is 6.54 Å². The zero-order valence-electron chi connectivity index (χ0n) is 9.77. The molecular formula is C11H26N2. The van der Waals surface area contributed by atoms with Crippen molar-refractivity contribution in [1.82, 2.24) is 10.2 Å². The third-order valence-electron chi connectivity index (χ3n) is 2.54. The van der Waals surface area contributed by atoms with Crippen molar-refractivity contribution in [2.24, 2.45) is 0 Å². The van der Waals surface area contributed by atoms with Crippen LogP contribution in [0.4, 0.5) is 0 Å². The number of nitrogens with one attached hydrogen (secondary N) is 1. The van der Waals surface area contributed by atoms with E-state index in [2.05, 4.69) is 37.9 Å². The first-order chi connectivity index (χ1) is 6.24. The van der Waals surface area contributed by atoms with E-state index in [1.165, 1.54) is 32.5 Å². The molecule has 0 amide bonds. The lowest BCUT2D eigenvalue weighted by atomic mass is 10.2. The summed E-state index contributed by atoms with van der Waals surface area (Å²) in [6.07, 6.45) is 2.57. The van der Waals surface area contributed by atoms with Crippen molar-refractivity contribution < 1.29 is 0 Å². The Bertz CT molecular complexity index is 100. The van der Waals surface area contributed by atoms with Crippen LogP contribution < -0.4 is 5.32 Å². The molecule has 1 unspecified atom stereocenters. The van der Waals surface area contributed by atoms with E-state index in [9.17, 15) is 0 Å². The van der Waals surface area contributed by atoms with E-state index in [4.69, 9.17) is 0 Å². The van der Waals surface area contributed by atoms with Gasteiger partial charge in [0.15, 0.2) is 0 Å². The monoisotopic (exact) mass is 186 g/mol. The third-order valence-corrected chi connectivity index (χ3v) is 2.54. The Labute approximate surface area is 83.7 Å². The Morgan fingerprint density at radius 1 is 1.15 bits per heavy atom. The molecule has 2 nitrogen and oxygen atoms in total. The van der Waals surface area contributed by atoms with Gasteiger partial charge in [0.05, 0.1) is 0 Å². The molecular weight excluding hydrogens is 160 g/mol. The lowest BCUT2D eigenvalue weighted by Gasteiger charge is -2.20. The topological polar surface area (TPSA) is 15.3 Å². The van der Waals surface area contributed by atoms with Crippen LogP contribution in [0.15, 0.2) is 0 Å². The molecule has 0 aromatic heterocycles. The molecule has 0 aliphatic heterocycles. The minimum Gasteiger partial charge on any atom is -0.313 e. The molecule has 0 fully saturated rings. The number of hydrogen-bond acceptors (Lipinski definition) is 2. The molecule has 0 spiro atoms. The number of rotatable bonds is 8. The fourth-order valence-corrected chi connectivity index (χ4v) is 1.54. The van der Waals surface area contributed by atoms with Crippen molar-refractivity contribution >= 4 is 0 Å². The van der Waals surface area contributed by atoms with Gasteiger partial charge in [-0.3, -0.25) is 0 Å². The average Bonchev–Trinajstić information content (AvgIpc) is 2.13. The minimum absolute atomic E-state index is 0.681. The maximum Gasteiger partial charge on any atom is 0.0107 e. The molecule has 0 saturated heterocycles. The van der Waals surface area contributed by atoms with Crippen molar-refractivity contribution in [1.29, 1.82) is 0 Å². The molecule has 0 aromatic rings. The summed E-state index contributed by atoms with van der Waals surface area (Å²) >= 11 is 0. The van der Waals surface area contributed by atoms with Gasteiger partial charge in [-0.05, 0) is 26.4 Å². The maximum absolute atomic E-state index is 3.54. The summed E-state index contributed by atoms with van der Waals surface area (Å²) in [5.74, 6) is 0. The van der Waals surface area contributed by atoms with Gasteiger partial charge in [-0.15, -0.1) is 0 Å². The van der Waals surface area contributed by atoms with Crippen LogP contribution in [0.3, 0.4) is 0 Å². The first-order valence-corrected chi connectivity index (χ1v) is 5.70. The lowest BCUT2D eigenvalue weighted by Crippen LogP contribution is -2.35. The second-order valence-electron chi connectivity index (χ2n) is 3.67. The normalized spacial score (nSPS) is 13.6. The van der Waals surface area contributed by atoms with Crippen LogP contribution in [0.25, 0.3) is 0 Å². The fraction of sp³-hybridized carbons (Fsp3) is 1.00. The highest BCUT2D eigenvalue weighted by molar-refractivity contribution is 4.61. The van der Waals surface area contributed by atoms with Crippen molar-refractivity contribution in [3.8, 4) is 0 Å². The highest BCUT2D eigenvalue weighted by Gasteiger charge is 2.01. The van der Waals surface area contributed by atoms with E-state index in [0.29, 0.717) is 6.04 Å². The van der Waals surface area contributed by atoms with Gasteiger partial charge in [-0.2, -0.15) is 0 Å². The molecule has 0 aliphatic rings. The van der Waals surface area contributed by atoms with Crippen LogP contribution >= 0.6 is 0 Å². The summed E-state index contributed by atoms with van der Waals surface area (Å²) < 4.78 is 0. The molecule has 13 heavy (non-hydrogen) atoms. The van der Waals surface area contributed by atoms with Crippen LogP contribution in [0.5, 0.6) is 0 Å². The van der Waals surface area contributed by atoms with E-state index in [-0.39, 0.29) is 0 Å². The van der Waals surface area contributed by atoms with Crippen LogP contribution in [-0.2, 0) is 0 Å². The number of hydrogen-bond donors (Lipinski definition) is 1. The third kappa shape index (κ3) is 7.03. The molecule has 80 valence electrons. The molecule has 0 rings (SSSR count). The first kappa shape index (κ1) is 12.9. The van der Waals surface area contributed by atoms with E-state index < -0.39 is 0 Å². The summed E-state index contributed by atoms with van der Waals surface area (Å²) in [5.41, 5.74) is 0. The second-order valence-corrected chi connectivity index (χ2v) is 3.67. The summed E-state index contributed by atoms with van der Waals surface area (Å²) in [4.78, 5) is 2.45. The Morgan fingerprint density at radius 3 is 2.23 bits per heavy atom. The smallest absolute Gasteiger partial charge is 0.0107 e. The van der Waals surface area contributed by atoms with Crippen molar-refractivity contribution in [2.45, 2.75) is 46.6 Å². The molecule has 0 bridgehead atoms. The zero-order valence-corrected chi connectivity index (χ0v) is 9.77. The first-order valence-electron chi connectivity index (χ1n) is 5.70. The fourth-order valence-electron chi connectivity index (χ4n) is 1.54. The van der Waals surface area contributed by atoms with Gasteiger partial charge in [0, 0.05) is 19.1 Å². The SMILES string of the molecule is CCCC(C)NCCN(CC)CC. The molecule has 1 atom stereocenters. The Morgan fingerprint density at radius 2 is 1.77 bits per heavy atom. The van der Waals surface area contributed by atoms with Gasteiger partial charge in [-0.1, -0.05) is 27.2 Å². The molecule has 0 saturated carbocycles. The molecule has 0 radical (unpaired) electrons. The van der Waals surface area contributed by atoms with Crippen LogP contribution in [0, 0.1) is 0 Å². The van der Waals surface area contributed by atoms with Gasteiger partial charge in [-0.25, -0.2) is 0 Å². The summed E-state index contributed by atoms with van der Waals surface area (Å²) in [7, 11) is 0. The Balaban J connectivity index is 3.32. The van der Waals surface area contributed by atoms with Crippen LogP contribution in [0.1, 0.15) is 40.5 Å². The molecule has 0 heterocycles. The summed E-state index contributed by atoms with van der Waals surface area (Å²) in [6, 6.07) is 0.681. The molecule has 0 aromatic carbocycles. The van der Waals surface area contributed by atoms with Crippen molar-refractivity contribution in [3.63, 3.8) is 0 Å². The summed E-state index contributed by atoms with van der Waals surface area (Å²) in [5, 5.41) is 3.54. The van der Waals surface area contributed by atoms with Crippen molar-refractivity contribution in [3.05, 3.63) is 0 Å². The minimum atomic E-state index is 0.681.